The van der Waals surface area contributed by atoms with Gasteiger partial charge in [0.1, 0.15) is 5.83 Å². The maximum atomic E-state index is 14.9. The van der Waals surface area contributed by atoms with E-state index in [1.54, 1.807) is 19.1 Å². The molecule has 1 aliphatic rings. The van der Waals surface area contributed by atoms with E-state index in [9.17, 15) is 13.2 Å². The van der Waals surface area contributed by atoms with Crippen molar-refractivity contribution < 1.29 is 13.2 Å². The zero-order valence-electron chi connectivity index (χ0n) is 18.5. The Balaban J connectivity index is 1.60. The number of aryl methyl sites for hydroxylation is 1. The first-order chi connectivity index (χ1) is 14.8. The Labute approximate surface area is 184 Å². The Hall–Kier alpha value is -2.55. The molecule has 0 saturated heterocycles. The largest absolute Gasteiger partial charge is 0.207 e. The molecule has 0 unspecified atom stereocenters. The summed E-state index contributed by atoms with van der Waals surface area (Å²) in [5.74, 6) is -1.24. The maximum absolute atomic E-state index is 14.9. The molecule has 0 radical (unpaired) electrons. The third kappa shape index (κ3) is 5.78. The van der Waals surface area contributed by atoms with E-state index in [0.29, 0.717) is 28.2 Å². The zero-order chi connectivity index (χ0) is 22.5. The minimum absolute atomic E-state index is 0.0433. The van der Waals surface area contributed by atoms with Gasteiger partial charge in [0.2, 0.25) is 0 Å². The molecule has 0 heterocycles. The van der Waals surface area contributed by atoms with Crippen LogP contribution in [0.15, 0.2) is 72.6 Å². The first-order valence-electron chi connectivity index (χ1n) is 11.0. The Bertz CT molecular complexity index is 974. The summed E-state index contributed by atoms with van der Waals surface area (Å²) in [6, 6.07) is 10.9. The van der Waals surface area contributed by atoms with Crippen molar-refractivity contribution in [2.24, 2.45) is 5.92 Å². The molecule has 1 saturated carbocycles. The average molecular weight is 425 g/mol. The minimum Gasteiger partial charge on any atom is -0.207 e. The standard InChI is InChI=1S/C28H31F3/c1-18(2)26(29)17-20(4)5-8-21-9-13-23(14-10-21)25-16-15-24(27(30)28(25)31)22-11-6-19(3)7-12-22/h6-7,11-12,15-17,21,23H,1,4-5,8-10,13-14H2,2-3H3/b26-17+. The number of hydrogen-bond donors (Lipinski definition) is 0. The number of benzene rings is 2. The van der Waals surface area contributed by atoms with Crippen molar-refractivity contribution in [2.75, 3.05) is 0 Å². The zero-order valence-corrected chi connectivity index (χ0v) is 18.5. The van der Waals surface area contributed by atoms with E-state index in [-0.39, 0.29) is 11.7 Å². The minimum atomic E-state index is -0.758. The first-order valence-corrected chi connectivity index (χ1v) is 11.0. The van der Waals surface area contributed by atoms with Crippen LogP contribution in [0, 0.1) is 24.5 Å². The topological polar surface area (TPSA) is 0 Å². The quantitative estimate of drug-likeness (QED) is 0.389. The van der Waals surface area contributed by atoms with Gasteiger partial charge in [-0.05, 0) is 87.0 Å². The SMILES string of the molecule is C=C(/C=C(/F)C(=C)C)CCC1CCC(c2ccc(-c3ccc(C)cc3)c(F)c2F)CC1. The van der Waals surface area contributed by atoms with Gasteiger partial charge in [0.25, 0.3) is 0 Å². The second kappa shape index (κ2) is 10.2. The van der Waals surface area contributed by atoms with Gasteiger partial charge in [-0.25, -0.2) is 13.2 Å². The van der Waals surface area contributed by atoms with Crippen molar-refractivity contribution in [2.45, 2.75) is 58.3 Å². The molecule has 0 aromatic heterocycles. The Morgan fingerprint density at radius 2 is 1.61 bits per heavy atom. The molecular weight excluding hydrogens is 393 g/mol. The van der Waals surface area contributed by atoms with Crippen molar-refractivity contribution in [3.05, 3.63) is 95.4 Å². The van der Waals surface area contributed by atoms with Gasteiger partial charge in [-0.2, -0.15) is 0 Å². The van der Waals surface area contributed by atoms with Crippen molar-refractivity contribution >= 4 is 0 Å². The van der Waals surface area contributed by atoms with Crippen LogP contribution in [0.25, 0.3) is 11.1 Å². The summed E-state index contributed by atoms with van der Waals surface area (Å²) in [6.07, 6.45) is 6.75. The molecule has 1 fully saturated rings. The van der Waals surface area contributed by atoms with E-state index >= 15 is 0 Å². The predicted octanol–water partition coefficient (Wildman–Crippen LogP) is 8.98. The van der Waals surface area contributed by atoms with Gasteiger partial charge in [-0.15, -0.1) is 0 Å². The highest BCUT2D eigenvalue weighted by Crippen LogP contribution is 2.40. The van der Waals surface area contributed by atoms with Crippen LogP contribution in [0.2, 0.25) is 0 Å². The molecule has 0 amide bonds. The lowest BCUT2D eigenvalue weighted by Crippen LogP contribution is -2.15. The number of allylic oxidation sites excluding steroid dienone is 4. The van der Waals surface area contributed by atoms with Gasteiger partial charge >= 0.3 is 0 Å². The van der Waals surface area contributed by atoms with E-state index in [1.165, 1.54) is 6.08 Å². The van der Waals surface area contributed by atoms with Gasteiger partial charge < -0.3 is 0 Å². The van der Waals surface area contributed by atoms with Gasteiger partial charge in [0.15, 0.2) is 11.6 Å². The molecule has 0 aliphatic heterocycles. The first kappa shape index (κ1) is 23.1. The molecule has 164 valence electrons. The van der Waals surface area contributed by atoms with Gasteiger partial charge in [-0.3, -0.25) is 0 Å². The second-order valence-electron chi connectivity index (χ2n) is 8.88. The molecule has 3 heteroatoms. The van der Waals surface area contributed by atoms with Gasteiger partial charge in [0.05, 0.1) is 0 Å². The highest BCUT2D eigenvalue weighted by Gasteiger charge is 2.26. The van der Waals surface area contributed by atoms with Crippen LogP contribution in [-0.4, -0.2) is 0 Å². The molecule has 0 bridgehead atoms. The number of hydrogen-bond acceptors (Lipinski definition) is 0. The van der Waals surface area contributed by atoms with Gasteiger partial charge in [-0.1, -0.05) is 60.7 Å². The van der Waals surface area contributed by atoms with Crippen molar-refractivity contribution in [3.63, 3.8) is 0 Å². The van der Waals surface area contributed by atoms with Crippen LogP contribution in [0.5, 0.6) is 0 Å². The summed E-state index contributed by atoms with van der Waals surface area (Å²) < 4.78 is 43.4. The lowest BCUT2D eigenvalue weighted by atomic mass is 9.76. The van der Waals surface area contributed by atoms with Gasteiger partial charge in [0, 0.05) is 5.56 Å². The average Bonchev–Trinajstić information content (AvgIpc) is 2.75. The molecule has 0 N–H and O–H groups in total. The van der Waals surface area contributed by atoms with E-state index in [1.807, 2.05) is 31.2 Å². The smallest absolute Gasteiger partial charge is 0.166 e. The van der Waals surface area contributed by atoms with E-state index < -0.39 is 11.6 Å². The molecule has 31 heavy (non-hydrogen) atoms. The van der Waals surface area contributed by atoms with Crippen LogP contribution in [0.3, 0.4) is 0 Å². The van der Waals surface area contributed by atoms with Crippen LogP contribution in [-0.2, 0) is 0 Å². The highest BCUT2D eigenvalue weighted by atomic mass is 19.2. The summed E-state index contributed by atoms with van der Waals surface area (Å²) in [6.45, 7) is 11.1. The van der Waals surface area contributed by atoms with Crippen molar-refractivity contribution in [1.29, 1.82) is 0 Å². The van der Waals surface area contributed by atoms with E-state index in [4.69, 9.17) is 0 Å². The van der Waals surface area contributed by atoms with Crippen molar-refractivity contribution in [1.82, 2.24) is 0 Å². The third-order valence-corrected chi connectivity index (χ3v) is 6.37. The summed E-state index contributed by atoms with van der Waals surface area (Å²) >= 11 is 0. The molecule has 1 aliphatic carbocycles. The normalized spacial score (nSPS) is 19.3. The highest BCUT2D eigenvalue weighted by molar-refractivity contribution is 5.65. The Morgan fingerprint density at radius 1 is 0.968 bits per heavy atom. The lowest BCUT2D eigenvalue weighted by molar-refractivity contribution is 0.305. The van der Waals surface area contributed by atoms with Crippen LogP contribution in [0.1, 0.15) is 62.5 Å². The summed E-state index contributed by atoms with van der Waals surface area (Å²) in [4.78, 5) is 0. The van der Waals surface area contributed by atoms with Crippen LogP contribution < -0.4 is 0 Å². The molecule has 0 atom stereocenters. The summed E-state index contributed by atoms with van der Waals surface area (Å²) in [5, 5.41) is 0. The third-order valence-electron chi connectivity index (χ3n) is 6.37. The molecule has 3 rings (SSSR count). The summed E-state index contributed by atoms with van der Waals surface area (Å²) in [5.41, 5.74) is 3.74. The van der Waals surface area contributed by atoms with E-state index in [2.05, 4.69) is 13.2 Å². The molecule has 0 spiro atoms. The molecule has 2 aromatic carbocycles. The monoisotopic (exact) mass is 424 g/mol. The fourth-order valence-electron chi connectivity index (χ4n) is 4.36. The Kier molecular flexibility index (Phi) is 7.59. The lowest BCUT2D eigenvalue weighted by Gasteiger charge is -2.29. The fraction of sp³-hybridized carbons (Fsp3) is 0.357. The predicted molar refractivity (Wildman–Crippen MR) is 124 cm³/mol. The van der Waals surface area contributed by atoms with Crippen LogP contribution >= 0.6 is 0 Å². The summed E-state index contributed by atoms with van der Waals surface area (Å²) in [7, 11) is 0. The molecule has 2 aromatic rings. The second-order valence-corrected chi connectivity index (χ2v) is 8.88. The van der Waals surface area contributed by atoms with Crippen LogP contribution in [0.4, 0.5) is 13.2 Å². The molecule has 0 nitrogen and oxygen atoms in total. The molecular formula is C28H31F3. The van der Waals surface area contributed by atoms with E-state index in [0.717, 1.165) is 49.7 Å². The Morgan fingerprint density at radius 3 is 2.23 bits per heavy atom. The fourth-order valence-corrected chi connectivity index (χ4v) is 4.36. The number of halogens is 3. The van der Waals surface area contributed by atoms with Crippen molar-refractivity contribution in [3.8, 4) is 11.1 Å². The number of rotatable bonds is 7. The maximum Gasteiger partial charge on any atom is 0.166 e.